The van der Waals surface area contributed by atoms with Crippen molar-refractivity contribution in [1.29, 1.82) is 0 Å². The number of aliphatic hydroxyl groups excluding tert-OH is 1. The third-order valence-corrected chi connectivity index (χ3v) is 2.42. The molecule has 0 aliphatic carbocycles. The smallest absolute Gasteiger partial charge is 0.0843 e. The van der Waals surface area contributed by atoms with E-state index in [9.17, 15) is 5.11 Å². The van der Waals surface area contributed by atoms with Crippen LogP contribution in [0.15, 0.2) is 24.3 Å². The largest absolute Gasteiger partial charge is 0.396 e. The van der Waals surface area contributed by atoms with Crippen LogP contribution in [0.2, 0.25) is 0 Å². The molecule has 1 aromatic carbocycles. The lowest BCUT2D eigenvalue weighted by atomic mass is 9.87. The van der Waals surface area contributed by atoms with E-state index in [1.807, 2.05) is 31.2 Å². The van der Waals surface area contributed by atoms with Gasteiger partial charge in [0.05, 0.1) is 5.60 Å². The fraction of sp³-hybridized carbons (Fsp3) is 0.500. The molecule has 2 heteroatoms. The maximum atomic E-state index is 9.93. The SMILES string of the molecule is CC(CO)c1ccccc1C(C)(C)O. The van der Waals surface area contributed by atoms with Crippen molar-refractivity contribution in [3.63, 3.8) is 0 Å². The van der Waals surface area contributed by atoms with Crippen molar-refractivity contribution < 1.29 is 10.2 Å². The summed E-state index contributed by atoms with van der Waals surface area (Å²) in [5, 5.41) is 19.0. The highest BCUT2D eigenvalue weighted by Gasteiger charge is 2.21. The van der Waals surface area contributed by atoms with Crippen molar-refractivity contribution in [2.75, 3.05) is 6.61 Å². The molecule has 1 rings (SSSR count). The minimum Gasteiger partial charge on any atom is -0.396 e. The molecule has 0 spiro atoms. The lowest BCUT2D eigenvalue weighted by Crippen LogP contribution is -2.19. The summed E-state index contributed by atoms with van der Waals surface area (Å²) >= 11 is 0. The van der Waals surface area contributed by atoms with Crippen LogP contribution in [-0.2, 0) is 5.60 Å². The molecule has 0 saturated carbocycles. The van der Waals surface area contributed by atoms with Gasteiger partial charge in [-0.2, -0.15) is 0 Å². The molecule has 1 unspecified atom stereocenters. The Balaban J connectivity index is 3.16. The summed E-state index contributed by atoms with van der Waals surface area (Å²) in [6.45, 7) is 5.57. The van der Waals surface area contributed by atoms with Gasteiger partial charge < -0.3 is 10.2 Å². The standard InChI is InChI=1S/C12H18O2/c1-9(8-13)10-6-4-5-7-11(10)12(2,3)14/h4-7,9,13-14H,8H2,1-3H3. The third-order valence-electron chi connectivity index (χ3n) is 2.42. The van der Waals surface area contributed by atoms with E-state index < -0.39 is 5.60 Å². The van der Waals surface area contributed by atoms with Crippen molar-refractivity contribution in [2.45, 2.75) is 32.3 Å². The highest BCUT2D eigenvalue weighted by molar-refractivity contribution is 5.33. The lowest BCUT2D eigenvalue weighted by Gasteiger charge is -2.23. The average Bonchev–Trinajstić information content (AvgIpc) is 2.15. The molecule has 0 fully saturated rings. The maximum absolute atomic E-state index is 9.93. The van der Waals surface area contributed by atoms with Gasteiger partial charge in [-0.05, 0) is 25.0 Å². The fourth-order valence-electron chi connectivity index (χ4n) is 1.58. The molecule has 1 atom stereocenters. The first-order chi connectivity index (χ1) is 6.46. The Bertz CT molecular complexity index is 299. The topological polar surface area (TPSA) is 40.5 Å². The molecule has 0 aliphatic heterocycles. The predicted octanol–water partition coefficient (Wildman–Crippen LogP) is 2.01. The molecule has 0 radical (unpaired) electrons. The molecule has 0 aliphatic rings. The second kappa shape index (κ2) is 4.11. The summed E-state index contributed by atoms with van der Waals surface area (Å²) in [6.07, 6.45) is 0. The number of hydrogen-bond donors (Lipinski definition) is 2. The first-order valence-electron chi connectivity index (χ1n) is 4.89. The van der Waals surface area contributed by atoms with Gasteiger partial charge in [-0.15, -0.1) is 0 Å². The van der Waals surface area contributed by atoms with E-state index in [0.717, 1.165) is 11.1 Å². The minimum absolute atomic E-state index is 0.0672. The molecule has 0 saturated heterocycles. The third kappa shape index (κ3) is 2.34. The van der Waals surface area contributed by atoms with Crippen molar-refractivity contribution in [1.82, 2.24) is 0 Å². The van der Waals surface area contributed by atoms with E-state index >= 15 is 0 Å². The molecular weight excluding hydrogens is 176 g/mol. The summed E-state index contributed by atoms with van der Waals surface area (Å²) in [5.74, 6) is 0.0672. The number of benzene rings is 1. The van der Waals surface area contributed by atoms with E-state index in [1.54, 1.807) is 13.8 Å². The van der Waals surface area contributed by atoms with Crippen LogP contribution in [0.25, 0.3) is 0 Å². The molecule has 1 aromatic rings. The molecule has 14 heavy (non-hydrogen) atoms. The van der Waals surface area contributed by atoms with Gasteiger partial charge in [-0.3, -0.25) is 0 Å². The number of aliphatic hydroxyl groups is 2. The van der Waals surface area contributed by atoms with Crippen LogP contribution >= 0.6 is 0 Å². The van der Waals surface area contributed by atoms with Crippen LogP contribution in [0.5, 0.6) is 0 Å². The van der Waals surface area contributed by atoms with Gasteiger partial charge in [0, 0.05) is 12.5 Å². The van der Waals surface area contributed by atoms with Crippen LogP contribution < -0.4 is 0 Å². The van der Waals surface area contributed by atoms with Crippen LogP contribution in [0, 0.1) is 0 Å². The van der Waals surface area contributed by atoms with Gasteiger partial charge >= 0.3 is 0 Å². The summed E-state index contributed by atoms with van der Waals surface area (Å²) in [5.41, 5.74) is 1.06. The van der Waals surface area contributed by atoms with E-state index in [0.29, 0.717) is 0 Å². The molecule has 0 amide bonds. The predicted molar refractivity (Wildman–Crippen MR) is 57.2 cm³/mol. The first kappa shape index (κ1) is 11.2. The van der Waals surface area contributed by atoms with Gasteiger partial charge in [0.15, 0.2) is 0 Å². The second-order valence-electron chi connectivity index (χ2n) is 4.23. The zero-order valence-electron chi connectivity index (χ0n) is 8.99. The van der Waals surface area contributed by atoms with Crippen molar-refractivity contribution >= 4 is 0 Å². The van der Waals surface area contributed by atoms with Gasteiger partial charge in [-0.25, -0.2) is 0 Å². The average molecular weight is 194 g/mol. The molecule has 0 aromatic heterocycles. The summed E-state index contributed by atoms with van der Waals surface area (Å²) < 4.78 is 0. The lowest BCUT2D eigenvalue weighted by molar-refractivity contribution is 0.0768. The zero-order valence-corrected chi connectivity index (χ0v) is 8.99. The van der Waals surface area contributed by atoms with Gasteiger partial charge in [0.25, 0.3) is 0 Å². The Morgan fingerprint density at radius 1 is 1.29 bits per heavy atom. The molecule has 78 valence electrons. The molecule has 0 bridgehead atoms. The van der Waals surface area contributed by atoms with Crippen molar-refractivity contribution in [3.05, 3.63) is 35.4 Å². The number of hydrogen-bond acceptors (Lipinski definition) is 2. The monoisotopic (exact) mass is 194 g/mol. The van der Waals surface area contributed by atoms with Crippen molar-refractivity contribution in [3.8, 4) is 0 Å². The molecule has 2 N–H and O–H groups in total. The summed E-state index contributed by atoms with van der Waals surface area (Å²) in [6, 6.07) is 7.69. The summed E-state index contributed by atoms with van der Waals surface area (Å²) in [4.78, 5) is 0. The Kier molecular flexibility index (Phi) is 3.29. The molecular formula is C12H18O2. The highest BCUT2D eigenvalue weighted by atomic mass is 16.3. The van der Waals surface area contributed by atoms with Gasteiger partial charge in [0.2, 0.25) is 0 Å². The Hall–Kier alpha value is -0.860. The Labute approximate surface area is 85.2 Å². The van der Waals surface area contributed by atoms with Crippen LogP contribution in [0.3, 0.4) is 0 Å². The highest BCUT2D eigenvalue weighted by Crippen LogP contribution is 2.28. The van der Waals surface area contributed by atoms with Crippen LogP contribution in [0.1, 0.15) is 37.8 Å². The van der Waals surface area contributed by atoms with E-state index in [-0.39, 0.29) is 12.5 Å². The quantitative estimate of drug-likeness (QED) is 0.772. The minimum atomic E-state index is -0.847. The number of rotatable bonds is 3. The van der Waals surface area contributed by atoms with Crippen molar-refractivity contribution in [2.24, 2.45) is 0 Å². The van der Waals surface area contributed by atoms with E-state index in [2.05, 4.69) is 0 Å². The maximum Gasteiger partial charge on any atom is 0.0843 e. The Morgan fingerprint density at radius 3 is 2.36 bits per heavy atom. The molecule has 2 nitrogen and oxygen atoms in total. The van der Waals surface area contributed by atoms with Gasteiger partial charge in [0.1, 0.15) is 0 Å². The van der Waals surface area contributed by atoms with E-state index in [1.165, 1.54) is 0 Å². The van der Waals surface area contributed by atoms with Gasteiger partial charge in [-0.1, -0.05) is 31.2 Å². The Morgan fingerprint density at radius 2 is 1.86 bits per heavy atom. The fourth-order valence-corrected chi connectivity index (χ4v) is 1.58. The summed E-state index contributed by atoms with van der Waals surface area (Å²) in [7, 11) is 0. The zero-order chi connectivity index (χ0) is 10.8. The normalized spacial score (nSPS) is 14.1. The first-order valence-corrected chi connectivity index (χ1v) is 4.89. The van der Waals surface area contributed by atoms with Crippen LogP contribution in [-0.4, -0.2) is 16.8 Å². The molecule has 0 heterocycles. The second-order valence-corrected chi connectivity index (χ2v) is 4.23. The van der Waals surface area contributed by atoms with Crippen LogP contribution in [0.4, 0.5) is 0 Å². The van der Waals surface area contributed by atoms with E-state index in [4.69, 9.17) is 5.11 Å².